The Morgan fingerprint density at radius 2 is 1.78 bits per heavy atom. The van der Waals surface area contributed by atoms with E-state index in [1.807, 2.05) is 0 Å². The third kappa shape index (κ3) is 5.89. The summed E-state index contributed by atoms with van der Waals surface area (Å²) in [5.74, 6) is 0.569. The highest BCUT2D eigenvalue weighted by Gasteiger charge is 2.20. The maximum Gasteiger partial charge on any atom is 0.241 e. The fraction of sp³-hybridized carbons (Fsp3) is 0.550. The highest BCUT2D eigenvalue weighted by molar-refractivity contribution is 7.89. The molecule has 0 saturated carbocycles. The number of unbranched alkanes of at least 4 members (excludes halogenated alkanes) is 2. The molecule has 150 valence electrons. The van der Waals surface area contributed by atoms with Crippen LogP contribution in [0.15, 0.2) is 35.4 Å². The molecular weight excluding hydrogens is 362 g/mol. The van der Waals surface area contributed by atoms with Crippen LogP contribution in [0.2, 0.25) is 0 Å². The first-order valence-corrected chi connectivity index (χ1v) is 11.3. The number of pyridine rings is 1. The van der Waals surface area contributed by atoms with E-state index in [1.165, 1.54) is 17.7 Å². The first kappa shape index (κ1) is 21.6. The summed E-state index contributed by atoms with van der Waals surface area (Å²) in [6.07, 6.45) is 6.29. The van der Waals surface area contributed by atoms with Crippen molar-refractivity contribution in [3.63, 3.8) is 0 Å². The van der Waals surface area contributed by atoms with E-state index in [-0.39, 0.29) is 4.90 Å². The predicted molar refractivity (Wildman–Crippen MR) is 109 cm³/mol. The molecule has 1 aromatic heterocycles. The SMILES string of the molecule is CCCC[NH+](CCCC)CCNS(=O)(=O)c1ccc(OC)c2ncccc12. The third-order valence-electron chi connectivity index (χ3n) is 4.74. The van der Waals surface area contributed by atoms with Gasteiger partial charge in [0.25, 0.3) is 0 Å². The number of nitrogens with one attached hydrogen (secondary N) is 2. The molecule has 2 N–H and O–H groups in total. The molecule has 0 radical (unpaired) electrons. The summed E-state index contributed by atoms with van der Waals surface area (Å²) >= 11 is 0. The van der Waals surface area contributed by atoms with Crippen molar-refractivity contribution in [3.8, 4) is 5.75 Å². The minimum absolute atomic E-state index is 0.245. The lowest BCUT2D eigenvalue weighted by atomic mass is 10.2. The summed E-state index contributed by atoms with van der Waals surface area (Å²) in [6.45, 7) is 7.78. The third-order valence-corrected chi connectivity index (χ3v) is 6.26. The molecule has 0 atom stereocenters. The number of benzene rings is 1. The number of aromatic nitrogens is 1. The molecule has 7 heteroatoms. The summed E-state index contributed by atoms with van der Waals surface area (Å²) < 4.78 is 33.8. The normalized spacial score (nSPS) is 12.0. The number of quaternary nitrogens is 1. The molecule has 0 unspecified atom stereocenters. The molecule has 0 aliphatic rings. The van der Waals surface area contributed by atoms with E-state index in [0.29, 0.717) is 23.2 Å². The van der Waals surface area contributed by atoms with Gasteiger partial charge in [0.1, 0.15) is 11.3 Å². The average molecular weight is 395 g/mol. The molecule has 0 aliphatic heterocycles. The molecule has 2 aromatic rings. The van der Waals surface area contributed by atoms with Crippen LogP contribution >= 0.6 is 0 Å². The molecule has 27 heavy (non-hydrogen) atoms. The molecule has 0 bridgehead atoms. The second-order valence-electron chi connectivity index (χ2n) is 6.77. The van der Waals surface area contributed by atoms with Gasteiger partial charge >= 0.3 is 0 Å². The van der Waals surface area contributed by atoms with Crippen molar-refractivity contribution < 1.29 is 18.1 Å². The summed E-state index contributed by atoms with van der Waals surface area (Å²) in [5, 5.41) is 0.575. The topological polar surface area (TPSA) is 72.7 Å². The number of fused-ring (bicyclic) bond motifs is 1. The van der Waals surface area contributed by atoms with Gasteiger partial charge in [-0.15, -0.1) is 0 Å². The number of hydrogen-bond donors (Lipinski definition) is 2. The Morgan fingerprint density at radius 1 is 1.07 bits per heavy atom. The zero-order valence-corrected chi connectivity index (χ0v) is 17.4. The van der Waals surface area contributed by atoms with E-state index < -0.39 is 10.0 Å². The molecule has 2 rings (SSSR count). The summed E-state index contributed by atoms with van der Waals surface area (Å²) in [7, 11) is -2.05. The maximum absolute atomic E-state index is 12.9. The van der Waals surface area contributed by atoms with Crippen molar-refractivity contribution in [3.05, 3.63) is 30.5 Å². The number of hydrogen-bond acceptors (Lipinski definition) is 4. The van der Waals surface area contributed by atoms with Gasteiger partial charge in [0.05, 0.1) is 38.2 Å². The predicted octanol–water partition coefficient (Wildman–Crippen LogP) is 2.01. The lowest BCUT2D eigenvalue weighted by Crippen LogP contribution is -3.12. The number of methoxy groups -OCH3 is 1. The number of sulfonamides is 1. The zero-order chi connectivity index (χ0) is 19.7. The molecular formula is C20H32N3O3S+. The van der Waals surface area contributed by atoms with Gasteiger partial charge in [-0.2, -0.15) is 0 Å². The van der Waals surface area contributed by atoms with Gasteiger partial charge < -0.3 is 9.64 Å². The van der Waals surface area contributed by atoms with Gasteiger partial charge in [0, 0.05) is 11.6 Å². The summed E-state index contributed by atoms with van der Waals surface area (Å²) in [4.78, 5) is 5.99. The van der Waals surface area contributed by atoms with Crippen LogP contribution in [0.5, 0.6) is 5.75 Å². The second-order valence-corrected chi connectivity index (χ2v) is 8.51. The Morgan fingerprint density at radius 3 is 2.41 bits per heavy atom. The van der Waals surface area contributed by atoms with Gasteiger partial charge in [0.15, 0.2) is 0 Å². The minimum atomic E-state index is -3.61. The summed E-state index contributed by atoms with van der Waals surface area (Å²) in [6, 6.07) is 6.75. The van der Waals surface area contributed by atoms with Crippen LogP contribution in [-0.4, -0.2) is 46.7 Å². The first-order valence-electron chi connectivity index (χ1n) is 9.78. The van der Waals surface area contributed by atoms with Crippen molar-refractivity contribution in [2.45, 2.75) is 44.4 Å². The highest BCUT2D eigenvalue weighted by Crippen LogP contribution is 2.28. The molecule has 6 nitrogen and oxygen atoms in total. The van der Waals surface area contributed by atoms with Crippen molar-refractivity contribution in [2.75, 3.05) is 33.3 Å². The van der Waals surface area contributed by atoms with E-state index >= 15 is 0 Å². The van der Waals surface area contributed by atoms with Gasteiger partial charge in [-0.1, -0.05) is 26.7 Å². The maximum atomic E-state index is 12.9. The first-order chi connectivity index (χ1) is 13.0. The molecule has 0 fully saturated rings. The largest absolute Gasteiger partial charge is 0.494 e. The Hall–Kier alpha value is -1.70. The average Bonchev–Trinajstić information content (AvgIpc) is 2.68. The number of rotatable bonds is 12. The van der Waals surface area contributed by atoms with Crippen LogP contribution in [-0.2, 0) is 10.0 Å². The van der Waals surface area contributed by atoms with Crippen LogP contribution < -0.4 is 14.4 Å². The Kier molecular flexibility index (Phi) is 8.47. The quantitative estimate of drug-likeness (QED) is 0.578. The Balaban J connectivity index is 2.11. The molecule has 1 aromatic carbocycles. The second kappa shape index (κ2) is 10.6. The zero-order valence-electron chi connectivity index (χ0n) is 16.6. The number of nitrogens with zero attached hydrogens (tertiary/aromatic N) is 1. The van der Waals surface area contributed by atoms with Crippen LogP contribution in [0.3, 0.4) is 0 Å². The molecule has 1 heterocycles. The van der Waals surface area contributed by atoms with Gasteiger partial charge in [-0.05, 0) is 37.1 Å². The fourth-order valence-electron chi connectivity index (χ4n) is 3.19. The van der Waals surface area contributed by atoms with E-state index in [4.69, 9.17) is 4.74 Å². The van der Waals surface area contributed by atoms with Crippen LogP contribution in [0.1, 0.15) is 39.5 Å². The molecule has 0 amide bonds. The monoisotopic (exact) mass is 394 g/mol. The van der Waals surface area contributed by atoms with E-state index in [0.717, 1.165) is 32.5 Å². The van der Waals surface area contributed by atoms with Gasteiger partial charge in [0.2, 0.25) is 10.0 Å². The van der Waals surface area contributed by atoms with E-state index in [1.54, 1.807) is 37.6 Å². The van der Waals surface area contributed by atoms with Crippen molar-refractivity contribution in [2.24, 2.45) is 0 Å². The van der Waals surface area contributed by atoms with Crippen LogP contribution in [0.25, 0.3) is 10.9 Å². The van der Waals surface area contributed by atoms with Gasteiger partial charge in [-0.25, -0.2) is 13.1 Å². The lowest BCUT2D eigenvalue weighted by Gasteiger charge is -2.19. The standard InChI is InChI=1S/C20H31N3O3S/c1-4-6-14-23(15-7-5-2)16-13-22-27(24,25)19-11-10-18(26-3)20-17(19)9-8-12-21-20/h8-12,22H,4-7,13-16H2,1-3H3/p+1. The fourth-order valence-corrected chi connectivity index (χ4v) is 4.42. The van der Waals surface area contributed by atoms with Crippen LogP contribution in [0.4, 0.5) is 0 Å². The minimum Gasteiger partial charge on any atom is -0.494 e. The van der Waals surface area contributed by atoms with E-state index in [2.05, 4.69) is 23.6 Å². The van der Waals surface area contributed by atoms with Gasteiger partial charge in [-0.3, -0.25) is 4.98 Å². The molecule has 0 saturated heterocycles. The molecule has 0 aliphatic carbocycles. The molecule has 0 spiro atoms. The Bertz CT molecular complexity index is 816. The number of ether oxygens (including phenoxy) is 1. The summed E-state index contributed by atoms with van der Waals surface area (Å²) in [5.41, 5.74) is 0.556. The Labute approximate surface area is 163 Å². The lowest BCUT2D eigenvalue weighted by molar-refractivity contribution is -0.899. The smallest absolute Gasteiger partial charge is 0.241 e. The van der Waals surface area contributed by atoms with Crippen molar-refractivity contribution in [1.29, 1.82) is 0 Å². The van der Waals surface area contributed by atoms with Crippen molar-refractivity contribution >= 4 is 20.9 Å². The highest BCUT2D eigenvalue weighted by atomic mass is 32.2. The van der Waals surface area contributed by atoms with Crippen molar-refractivity contribution in [1.82, 2.24) is 9.71 Å². The van der Waals surface area contributed by atoms with E-state index in [9.17, 15) is 8.42 Å². The van der Waals surface area contributed by atoms with Crippen LogP contribution in [0, 0.1) is 0 Å².